The van der Waals surface area contributed by atoms with Crippen LogP contribution in [-0.2, 0) is 6.18 Å². The van der Waals surface area contributed by atoms with E-state index in [0.717, 1.165) is 94.5 Å². The van der Waals surface area contributed by atoms with Crippen molar-refractivity contribution in [3.8, 4) is 45.0 Å². The predicted octanol–water partition coefficient (Wildman–Crippen LogP) is 19.3. The summed E-state index contributed by atoms with van der Waals surface area (Å²) < 4.78 is 54.3. The maximum Gasteiger partial charge on any atom is 0.417 e. The number of hydrogen-bond acceptors (Lipinski definition) is 0. The minimum atomic E-state index is -4.61. The minimum Gasteiger partial charge on any atom is -0.309 e. The van der Waals surface area contributed by atoms with Crippen molar-refractivity contribution < 1.29 is 13.2 Å². The highest BCUT2D eigenvalue weighted by Crippen LogP contribution is 2.47. The second kappa shape index (κ2) is 16.7. The van der Waals surface area contributed by atoms with Crippen LogP contribution in [0.4, 0.5) is 18.9 Å². The van der Waals surface area contributed by atoms with Gasteiger partial charge >= 0.3 is 6.18 Å². The summed E-state index contributed by atoms with van der Waals surface area (Å²) in [7, 11) is 0. The van der Waals surface area contributed by atoms with Gasteiger partial charge in [0.25, 0.3) is 0 Å². The average Bonchev–Trinajstić information content (AvgIpc) is 4.35. The maximum absolute atomic E-state index is 15.1. The van der Waals surface area contributed by atoms with Gasteiger partial charge in [-0.2, -0.15) is 13.2 Å². The van der Waals surface area contributed by atoms with Crippen molar-refractivity contribution in [2.24, 2.45) is 0 Å². The highest BCUT2D eigenvalue weighted by Gasteiger charge is 2.34. The molecule has 15 aromatic rings. The second-order valence-corrected chi connectivity index (χ2v) is 19.9. The van der Waals surface area contributed by atoms with Gasteiger partial charge < -0.3 is 18.3 Å². The molecule has 0 spiro atoms. The van der Waals surface area contributed by atoms with Gasteiger partial charge in [-0.3, -0.25) is 0 Å². The van der Waals surface area contributed by atoms with Crippen molar-refractivity contribution >= 4 is 92.9 Å². The molecule has 11 aromatic carbocycles. The molecular formula is C69H42F3N5. The van der Waals surface area contributed by atoms with E-state index in [0.29, 0.717) is 27.9 Å². The minimum absolute atomic E-state index is 0.104. The number of halogens is 3. The van der Waals surface area contributed by atoms with Gasteiger partial charge in [0.2, 0.25) is 0 Å². The summed E-state index contributed by atoms with van der Waals surface area (Å²) in [5.74, 6) is 0. The fraction of sp³-hybridized carbons (Fsp3) is 0.0290. The molecule has 0 saturated carbocycles. The lowest BCUT2D eigenvalue weighted by molar-refractivity contribution is -0.137. The number of benzene rings is 11. The number of alkyl halides is 3. The third kappa shape index (κ3) is 6.60. The summed E-state index contributed by atoms with van der Waals surface area (Å²) in [5.41, 5.74) is 13.7. The van der Waals surface area contributed by atoms with E-state index in [1.807, 2.05) is 48.5 Å². The van der Waals surface area contributed by atoms with Crippen LogP contribution in [0.2, 0.25) is 0 Å². The molecule has 5 nitrogen and oxygen atoms in total. The Morgan fingerprint density at radius 3 is 1.19 bits per heavy atom. The van der Waals surface area contributed by atoms with Gasteiger partial charge in [-0.1, -0.05) is 133 Å². The Morgan fingerprint density at radius 2 is 0.740 bits per heavy atom. The van der Waals surface area contributed by atoms with E-state index in [2.05, 4.69) is 187 Å². The summed E-state index contributed by atoms with van der Waals surface area (Å²) in [6.45, 7) is 10.4. The first-order valence-corrected chi connectivity index (χ1v) is 25.6. The molecule has 77 heavy (non-hydrogen) atoms. The van der Waals surface area contributed by atoms with E-state index in [1.165, 1.54) is 27.6 Å². The van der Waals surface area contributed by atoms with Crippen molar-refractivity contribution in [1.82, 2.24) is 18.3 Å². The van der Waals surface area contributed by atoms with E-state index >= 15 is 13.2 Å². The molecule has 0 bridgehead atoms. The van der Waals surface area contributed by atoms with E-state index < -0.39 is 11.7 Å². The Morgan fingerprint density at radius 1 is 0.351 bits per heavy atom. The van der Waals surface area contributed by atoms with Crippen LogP contribution in [0.25, 0.3) is 137 Å². The molecule has 0 aliphatic heterocycles. The standard InChI is InChI=1S/C69H42F3N5/c1-42-16-15-23-57(69(70,71)72)68(42)43-30-35-66(77-64-29-14-8-22-52(64)56-41-46(33-37-67(56)77)75-61-26-11-5-19-49(61)50-20-6-12-27-62(50)75)54(38-43)53-39-44(31-34-58(53)73-2)76-63-28-13-7-21-51(63)55-40-45(32-36-65(55)76)74-59-24-9-3-17-47(59)48-18-4-10-25-60(48)74/h3-41H,1H3. The zero-order valence-corrected chi connectivity index (χ0v) is 41.4. The van der Waals surface area contributed by atoms with Gasteiger partial charge in [-0.05, 0) is 138 Å². The first kappa shape index (κ1) is 44.4. The van der Waals surface area contributed by atoms with Crippen molar-refractivity contribution in [3.05, 3.63) is 259 Å². The number of hydrogen-bond donors (Lipinski definition) is 0. The number of aromatic nitrogens is 4. The van der Waals surface area contributed by atoms with Gasteiger partial charge in [0.1, 0.15) is 0 Å². The third-order valence-electron chi connectivity index (χ3n) is 15.7. The molecule has 0 aliphatic rings. The van der Waals surface area contributed by atoms with Crippen LogP contribution in [-0.4, -0.2) is 18.3 Å². The monoisotopic (exact) mass is 997 g/mol. The first-order valence-electron chi connectivity index (χ1n) is 25.6. The molecule has 4 aromatic heterocycles. The molecule has 0 amide bonds. The summed E-state index contributed by atoms with van der Waals surface area (Å²) in [6, 6.07) is 79.5. The normalized spacial score (nSPS) is 12.1. The fourth-order valence-electron chi connectivity index (χ4n) is 12.5. The maximum atomic E-state index is 15.1. The smallest absolute Gasteiger partial charge is 0.309 e. The highest BCUT2D eigenvalue weighted by molar-refractivity contribution is 6.14. The number of rotatable bonds is 6. The van der Waals surface area contributed by atoms with Crippen molar-refractivity contribution in [2.75, 3.05) is 0 Å². The second-order valence-electron chi connectivity index (χ2n) is 19.9. The Hall–Kier alpha value is -10.1. The van der Waals surface area contributed by atoms with Crippen molar-refractivity contribution in [2.45, 2.75) is 13.1 Å². The van der Waals surface area contributed by atoms with Gasteiger partial charge in [0.15, 0.2) is 5.69 Å². The van der Waals surface area contributed by atoms with E-state index in [-0.39, 0.29) is 5.56 Å². The Bertz CT molecular complexity index is 4910. The summed E-state index contributed by atoms with van der Waals surface area (Å²) in [4.78, 5) is 4.14. The van der Waals surface area contributed by atoms with Crippen LogP contribution in [0, 0.1) is 13.5 Å². The molecular weight excluding hydrogens is 956 g/mol. The molecule has 364 valence electrons. The molecule has 4 heterocycles. The van der Waals surface area contributed by atoms with Crippen molar-refractivity contribution in [1.29, 1.82) is 0 Å². The van der Waals surface area contributed by atoms with E-state index in [4.69, 9.17) is 6.57 Å². The van der Waals surface area contributed by atoms with Crippen LogP contribution in [0.1, 0.15) is 11.1 Å². The Labute approximate surface area is 439 Å². The molecule has 0 radical (unpaired) electrons. The molecule has 0 N–H and O–H groups in total. The molecule has 0 fully saturated rings. The molecule has 0 unspecified atom stereocenters. The first-order chi connectivity index (χ1) is 37.7. The fourth-order valence-corrected chi connectivity index (χ4v) is 12.5. The Kier molecular flexibility index (Phi) is 9.63. The zero-order chi connectivity index (χ0) is 51.7. The quantitative estimate of drug-likeness (QED) is 0.148. The summed E-state index contributed by atoms with van der Waals surface area (Å²) in [6.07, 6.45) is -4.61. The lowest BCUT2D eigenvalue weighted by Crippen LogP contribution is -2.08. The predicted molar refractivity (Wildman–Crippen MR) is 311 cm³/mol. The van der Waals surface area contributed by atoms with Crippen molar-refractivity contribution in [3.63, 3.8) is 0 Å². The highest BCUT2D eigenvalue weighted by atomic mass is 19.4. The molecule has 15 rings (SSSR count). The molecule has 0 saturated heterocycles. The van der Waals surface area contributed by atoms with Crippen LogP contribution >= 0.6 is 0 Å². The van der Waals surface area contributed by atoms with Crippen LogP contribution in [0.15, 0.2) is 237 Å². The van der Waals surface area contributed by atoms with Gasteiger partial charge in [0.05, 0.1) is 62.0 Å². The van der Waals surface area contributed by atoms with Crippen LogP contribution in [0.5, 0.6) is 0 Å². The molecule has 0 atom stereocenters. The topological polar surface area (TPSA) is 24.1 Å². The van der Waals surface area contributed by atoms with Crippen LogP contribution < -0.4 is 0 Å². The third-order valence-corrected chi connectivity index (χ3v) is 15.7. The number of aryl methyl sites for hydroxylation is 1. The summed E-state index contributed by atoms with van der Waals surface area (Å²) >= 11 is 0. The van der Waals surface area contributed by atoms with Gasteiger partial charge in [-0.25, -0.2) is 4.85 Å². The van der Waals surface area contributed by atoms with Gasteiger partial charge in [-0.15, -0.1) is 0 Å². The zero-order valence-electron chi connectivity index (χ0n) is 41.4. The lowest BCUT2D eigenvalue weighted by Gasteiger charge is -2.20. The van der Waals surface area contributed by atoms with Gasteiger partial charge in [0, 0.05) is 60.2 Å². The largest absolute Gasteiger partial charge is 0.417 e. The Balaban J connectivity index is 0.978. The molecule has 8 heteroatoms. The van der Waals surface area contributed by atoms with Crippen LogP contribution in [0.3, 0.4) is 0 Å². The summed E-state index contributed by atoms with van der Waals surface area (Å²) in [5, 5.41) is 8.85. The number of nitrogens with zero attached hydrogens (tertiary/aromatic N) is 5. The average molecular weight is 998 g/mol. The number of para-hydroxylation sites is 6. The SMILES string of the molecule is [C-]#[N+]c1ccc(-n2c3ccccc3c3cc(-n4c5ccccc5c5ccccc54)ccc32)cc1-c1cc(-c2c(C)cccc2C(F)(F)F)ccc1-n1c2ccccc2c2cc(-n3c4ccccc4c4ccccc43)ccc21. The van der Waals surface area contributed by atoms with E-state index in [9.17, 15) is 0 Å². The number of fused-ring (bicyclic) bond motifs is 12. The lowest BCUT2D eigenvalue weighted by atomic mass is 9.91. The van der Waals surface area contributed by atoms with E-state index in [1.54, 1.807) is 19.1 Å². The molecule has 0 aliphatic carbocycles.